The Morgan fingerprint density at radius 1 is 1.20 bits per heavy atom. The number of hydrogen-bond acceptors (Lipinski definition) is 3. The molecule has 2 aromatic carbocycles. The highest BCUT2D eigenvalue weighted by Gasteiger charge is 2.10. The second-order valence-electron chi connectivity index (χ2n) is 4.75. The number of fused-ring (bicyclic) bond motifs is 1. The number of rotatable bonds is 4. The highest BCUT2D eigenvalue weighted by Crippen LogP contribution is 2.26. The van der Waals surface area contributed by atoms with Gasteiger partial charge in [-0.05, 0) is 36.8 Å². The van der Waals surface area contributed by atoms with Crippen LogP contribution >= 0.6 is 27.3 Å². The summed E-state index contributed by atoms with van der Waals surface area (Å²) in [6, 6.07) is 16.9. The Morgan fingerprint density at radius 2 is 2.05 bits per heavy atom. The molecule has 0 aliphatic heterocycles. The molecule has 1 heterocycles. The molecule has 1 N–H and O–H groups in total. The highest BCUT2D eigenvalue weighted by molar-refractivity contribution is 9.10. The third-order valence-electron chi connectivity index (χ3n) is 3.18. The molecule has 102 valence electrons. The number of thiazole rings is 1. The van der Waals surface area contributed by atoms with Crippen LogP contribution in [-0.4, -0.2) is 4.98 Å². The Hall–Kier alpha value is -1.23. The molecule has 0 amide bonds. The summed E-state index contributed by atoms with van der Waals surface area (Å²) >= 11 is 5.26. The molecule has 0 saturated carbocycles. The molecule has 0 aliphatic rings. The first-order valence-electron chi connectivity index (χ1n) is 6.55. The fourth-order valence-corrected chi connectivity index (χ4v) is 3.52. The molecule has 0 fully saturated rings. The van der Waals surface area contributed by atoms with E-state index in [4.69, 9.17) is 0 Å². The van der Waals surface area contributed by atoms with Gasteiger partial charge in [0.1, 0.15) is 5.01 Å². The second kappa shape index (κ2) is 6.04. The van der Waals surface area contributed by atoms with Crippen molar-refractivity contribution in [1.29, 1.82) is 0 Å². The minimum Gasteiger partial charge on any atom is -0.304 e. The Labute approximate surface area is 131 Å². The van der Waals surface area contributed by atoms with Crippen molar-refractivity contribution in [2.45, 2.75) is 19.5 Å². The van der Waals surface area contributed by atoms with Crippen LogP contribution in [0.25, 0.3) is 10.2 Å². The largest absolute Gasteiger partial charge is 0.304 e. The third kappa shape index (κ3) is 3.08. The van der Waals surface area contributed by atoms with Gasteiger partial charge >= 0.3 is 0 Å². The van der Waals surface area contributed by atoms with E-state index in [1.165, 1.54) is 10.3 Å². The zero-order valence-electron chi connectivity index (χ0n) is 11.1. The van der Waals surface area contributed by atoms with Gasteiger partial charge in [0, 0.05) is 11.0 Å². The average Bonchev–Trinajstić information content (AvgIpc) is 2.89. The maximum absolute atomic E-state index is 4.69. The van der Waals surface area contributed by atoms with Crippen LogP contribution in [0.5, 0.6) is 0 Å². The molecule has 3 rings (SSSR count). The molecule has 0 saturated heterocycles. The first kappa shape index (κ1) is 13.7. The van der Waals surface area contributed by atoms with E-state index in [1.807, 2.05) is 12.1 Å². The number of nitrogens with zero attached hydrogens (tertiary/aromatic N) is 1. The van der Waals surface area contributed by atoms with E-state index in [2.05, 4.69) is 69.6 Å². The Kier molecular flexibility index (Phi) is 4.15. The second-order valence-corrected chi connectivity index (χ2v) is 6.73. The molecule has 20 heavy (non-hydrogen) atoms. The van der Waals surface area contributed by atoms with Crippen LogP contribution in [0.3, 0.4) is 0 Å². The summed E-state index contributed by atoms with van der Waals surface area (Å²) in [5, 5.41) is 4.67. The first-order valence-corrected chi connectivity index (χ1v) is 8.16. The van der Waals surface area contributed by atoms with Gasteiger partial charge in [-0.15, -0.1) is 11.3 Å². The summed E-state index contributed by atoms with van der Waals surface area (Å²) in [5.74, 6) is 0. The number of para-hydroxylation sites is 1. The first-order chi connectivity index (χ1) is 9.72. The summed E-state index contributed by atoms with van der Waals surface area (Å²) in [7, 11) is 0. The molecule has 0 spiro atoms. The maximum atomic E-state index is 4.69. The molecule has 0 aliphatic carbocycles. The van der Waals surface area contributed by atoms with E-state index in [-0.39, 0.29) is 6.04 Å². The SMILES string of the molecule is CC(NCc1cccc(Br)c1)c1nc2ccccc2s1. The van der Waals surface area contributed by atoms with E-state index in [0.717, 1.165) is 21.5 Å². The van der Waals surface area contributed by atoms with Crippen molar-refractivity contribution in [1.82, 2.24) is 10.3 Å². The van der Waals surface area contributed by atoms with Crippen molar-refractivity contribution in [3.05, 3.63) is 63.6 Å². The highest BCUT2D eigenvalue weighted by atomic mass is 79.9. The maximum Gasteiger partial charge on any atom is 0.111 e. The predicted octanol–water partition coefficient (Wildman–Crippen LogP) is 4.91. The molecular weight excluding hydrogens is 332 g/mol. The van der Waals surface area contributed by atoms with E-state index in [9.17, 15) is 0 Å². The zero-order valence-corrected chi connectivity index (χ0v) is 13.5. The van der Waals surface area contributed by atoms with Gasteiger partial charge < -0.3 is 5.32 Å². The molecule has 4 heteroatoms. The molecule has 2 nitrogen and oxygen atoms in total. The van der Waals surface area contributed by atoms with Crippen molar-refractivity contribution >= 4 is 37.5 Å². The minimum absolute atomic E-state index is 0.256. The molecule has 1 unspecified atom stereocenters. The summed E-state index contributed by atoms with van der Waals surface area (Å²) in [5.41, 5.74) is 2.36. The number of nitrogens with one attached hydrogen (secondary N) is 1. The van der Waals surface area contributed by atoms with Crippen molar-refractivity contribution in [2.75, 3.05) is 0 Å². The van der Waals surface area contributed by atoms with E-state index >= 15 is 0 Å². The molecule has 3 aromatic rings. The van der Waals surface area contributed by atoms with Crippen molar-refractivity contribution in [3.63, 3.8) is 0 Å². The fraction of sp³-hybridized carbons (Fsp3) is 0.188. The monoisotopic (exact) mass is 346 g/mol. The lowest BCUT2D eigenvalue weighted by Crippen LogP contribution is -2.17. The van der Waals surface area contributed by atoms with Gasteiger partial charge in [-0.3, -0.25) is 0 Å². The zero-order chi connectivity index (χ0) is 13.9. The van der Waals surface area contributed by atoms with Crippen LogP contribution in [0.15, 0.2) is 53.0 Å². The van der Waals surface area contributed by atoms with Gasteiger partial charge in [0.2, 0.25) is 0 Å². The smallest absolute Gasteiger partial charge is 0.111 e. The van der Waals surface area contributed by atoms with E-state index in [0.29, 0.717) is 0 Å². The van der Waals surface area contributed by atoms with E-state index < -0.39 is 0 Å². The molecule has 1 atom stereocenters. The summed E-state index contributed by atoms with van der Waals surface area (Å²) in [6.07, 6.45) is 0. The topological polar surface area (TPSA) is 24.9 Å². The van der Waals surface area contributed by atoms with Crippen LogP contribution in [0, 0.1) is 0 Å². The van der Waals surface area contributed by atoms with Gasteiger partial charge in [-0.1, -0.05) is 40.2 Å². The summed E-state index contributed by atoms with van der Waals surface area (Å²) in [6.45, 7) is 3.01. The predicted molar refractivity (Wildman–Crippen MR) is 89.0 cm³/mol. The molecule has 0 radical (unpaired) electrons. The normalized spacial score (nSPS) is 12.7. The van der Waals surface area contributed by atoms with Gasteiger partial charge in [0.15, 0.2) is 0 Å². The van der Waals surface area contributed by atoms with Crippen LogP contribution in [-0.2, 0) is 6.54 Å². The van der Waals surface area contributed by atoms with Crippen LogP contribution in [0.1, 0.15) is 23.5 Å². The summed E-state index contributed by atoms with van der Waals surface area (Å²) < 4.78 is 2.36. The Balaban J connectivity index is 1.71. The van der Waals surface area contributed by atoms with Gasteiger partial charge in [-0.2, -0.15) is 0 Å². The van der Waals surface area contributed by atoms with Crippen molar-refractivity contribution < 1.29 is 0 Å². The Morgan fingerprint density at radius 3 is 2.85 bits per heavy atom. The van der Waals surface area contributed by atoms with Crippen LogP contribution in [0.2, 0.25) is 0 Å². The van der Waals surface area contributed by atoms with Crippen molar-refractivity contribution in [2.24, 2.45) is 0 Å². The fourth-order valence-electron chi connectivity index (χ4n) is 2.08. The molecule has 1 aromatic heterocycles. The number of aromatic nitrogens is 1. The van der Waals surface area contributed by atoms with Crippen molar-refractivity contribution in [3.8, 4) is 0 Å². The van der Waals surface area contributed by atoms with Crippen LogP contribution < -0.4 is 5.32 Å². The standard InChI is InChI=1S/C16H15BrN2S/c1-11(18-10-12-5-4-6-13(17)9-12)16-19-14-7-2-3-8-15(14)20-16/h2-9,11,18H,10H2,1H3. The lowest BCUT2D eigenvalue weighted by molar-refractivity contribution is 0.572. The van der Waals surface area contributed by atoms with Crippen LogP contribution in [0.4, 0.5) is 0 Å². The van der Waals surface area contributed by atoms with Gasteiger partial charge in [0.05, 0.1) is 16.3 Å². The lowest BCUT2D eigenvalue weighted by atomic mass is 10.2. The third-order valence-corrected chi connectivity index (χ3v) is 4.89. The van der Waals surface area contributed by atoms with Gasteiger partial charge in [-0.25, -0.2) is 4.98 Å². The quantitative estimate of drug-likeness (QED) is 0.725. The molecule has 0 bridgehead atoms. The minimum atomic E-state index is 0.256. The Bertz CT molecular complexity index is 690. The number of hydrogen-bond donors (Lipinski definition) is 1. The van der Waals surface area contributed by atoms with E-state index in [1.54, 1.807) is 11.3 Å². The molecular formula is C16H15BrN2S. The lowest BCUT2D eigenvalue weighted by Gasteiger charge is -2.11. The summed E-state index contributed by atoms with van der Waals surface area (Å²) in [4.78, 5) is 4.69. The average molecular weight is 347 g/mol. The number of benzene rings is 2. The van der Waals surface area contributed by atoms with Gasteiger partial charge in [0.25, 0.3) is 0 Å². The number of halogens is 1.